The Bertz CT molecular complexity index is 1010. The maximum Gasteiger partial charge on any atom is 0.145 e. The van der Waals surface area contributed by atoms with Gasteiger partial charge in [0.25, 0.3) is 0 Å². The number of aromatic nitrogens is 2. The minimum atomic E-state index is 0.245. The average molecular weight is 314 g/mol. The van der Waals surface area contributed by atoms with Crippen molar-refractivity contribution in [1.29, 1.82) is 0 Å². The zero-order chi connectivity index (χ0) is 16.7. The Morgan fingerprint density at radius 3 is 2.25 bits per heavy atom. The first-order valence-corrected chi connectivity index (χ1v) is 7.98. The minimum absolute atomic E-state index is 0.245. The Labute approximate surface area is 140 Å². The zero-order valence-electron chi connectivity index (χ0n) is 13.7. The normalized spacial score (nSPS) is 11.1. The highest BCUT2D eigenvalue weighted by Gasteiger charge is 2.17. The van der Waals surface area contributed by atoms with Crippen molar-refractivity contribution >= 4 is 11.0 Å². The number of hydrogen-bond acceptors (Lipinski definition) is 2. The van der Waals surface area contributed by atoms with Crippen molar-refractivity contribution < 1.29 is 5.11 Å². The second kappa shape index (κ2) is 5.53. The molecule has 3 heteroatoms. The third-order valence-electron chi connectivity index (χ3n) is 4.33. The van der Waals surface area contributed by atoms with Crippen LogP contribution in [0.25, 0.3) is 28.1 Å². The lowest BCUT2D eigenvalue weighted by atomic mass is 10.1. The standard InChI is InChI=1S/C21H18N2O/c1-14-7-6-8-15(2)20(14)23-19-13-17(24)11-12-18(19)22-21(23)16-9-4-3-5-10-16/h3-13,24H,1-2H3. The fourth-order valence-corrected chi connectivity index (χ4v) is 3.23. The number of benzene rings is 3. The maximum atomic E-state index is 9.98. The van der Waals surface area contributed by atoms with E-state index in [0.717, 1.165) is 28.1 Å². The van der Waals surface area contributed by atoms with Crippen molar-refractivity contribution in [3.8, 4) is 22.8 Å². The second-order valence-electron chi connectivity index (χ2n) is 6.05. The minimum Gasteiger partial charge on any atom is -0.508 e. The van der Waals surface area contributed by atoms with Gasteiger partial charge >= 0.3 is 0 Å². The lowest BCUT2D eigenvalue weighted by Gasteiger charge is -2.15. The quantitative estimate of drug-likeness (QED) is 0.564. The van der Waals surface area contributed by atoms with E-state index in [1.807, 2.05) is 24.3 Å². The van der Waals surface area contributed by atoms with Gasteiger partial charge < -0.3 is 5.11 Å². The molecule has 1 aromatic heterocycles. The van der Waals surface area contributed by atoms with Gasteiger partial charge in [-0.1, -0.05) is 48.5 Å². The number of aromatic hydroxyl groups is 1. The molecule has 0 atom stereocenters. The predicted octanol–water partition coefficient (Wildman–Crippen LogP) is 5.01. The number of aryl methyl sites for hydroxylation is 2. The van der Waals surface area contributed by atoms with Crippen LogP contribution in [0.5, 0.6) is 5.75 Å². The molecule has 3 nitrogen and oxygen atoms in total. The van der Waals surface area contributed by atoms with Gasteiger partial charge in [0.05, 0.1) is 16.7 Å². The van der Waals surface area contributed by atoms with E-state index in [4.69, 9.17) is 4.98 Å². The first-order valence-electron chi connectivity index (χ1n) is 7.98. The van der Waals surface area contributed by atoms with Crippen molar-refractivity contribution in [2.24, 2.45) is 0 Å². The van der Waals surface area contributed by atoms with Crippen LogP contribution in [-0.2, 0) is 0 Å². The van der Waals surface area contributed by atoms with Gasteiger partial charge in [0.1, 0.15) is 11.6 Å². The largest absolute Gasteiger partial charge is 0.508 e. The van der Waals surface area contributed by atoms with E-state index in [1.165, 1.54) is 11.1 Å². The highest BCUT2D eigenvalue weighted by atomic mass is 16.3. The highest BCUT2D eigenvalue weighted by Crippen LogP contribution is 2.32. The number of hydrogen-bond donors (Lipinski definition) is 1. The number of imidazole rings is 1. The molecule has 1 heterocycles. The molecule has 1 N–H and O–H groups in total. The fraction of sp³-hybridized carbons (Fsp3) is 0.0952. The topological polar surface area (TPSA) is 38.0 Å². The summed E-state index contributed by atoms with van der Waals surface area (Å²) in [6.07, 6.45) is 0. The van der Waals surface area contributed by atoms with Gasteiger partial charge in [0.2, 0.25) is 0 Å². The number of rotatable bonds is 2. The van der Waals surface area contributed by atoms with Gasteiger partial charge in [0.15, 0.2) is 0 Å². The van der Waals surface area contributed by atoms with E-state index in [0.29, 0.717) is 0 Å². The molecule has 0 saturated carbocycles. The molecule has 0 spiro atoms. The summed E-state index contributed by atoms with van der Waals surface area (Å²) in [5.41, 5.74) is 6.30. The van der Waals surface area contributed by atoms with Crippen LogP contribution in [0.3, 0.4) is 0 Å². The monoisotopic (exact) mass is 314 g/mol. The molecular weight excluding hydrogens is 296 g/mol. The number of phenols is 1. The number of para-hydroxylation sites is 1. The summed E-state index contributed by atoms with van der Waals surface area (Å²) in [5.74, 6) is 1.13. The van der Waals surface area contributed by atoms with Crippen molar-refractivity contribution in [2.75, 3.05) is 0 Å². The Hall–Kier alpha value is -3.07. The third-order valence-corrected chi connectivity index (χ3v) is 4.33. The molecule has 0 bridgehead atoms. The van der Waals surface area contributed by atoms with Gasteiger partial charge in [-0.3, -0.25) is 4.57 Å². The van der Waals surface area contributed by atoms with Crippen molar-refractivity contribution in [3.63, 3.8) is 0 Å². The van der Waals surface area contributed by atoms with Crippen LogP contribution >= 0.6 is 0 Å². The van der Waals surface area contributed by atoms with Crippen molar-refractivity contribution in [2.45, 2.75) is 13.8 Å². The van der Waals surface area contributed by atoms with Crippen LogP contribution in [0.1, 0.15) is 11.1 Å². The Balaban J connectivity index is 2.14. The van der Waals surface area contributed by atoms with E-state index in [1.54, 1.807) is 12.1 Å². The Morgan fingerprint density at radius 1 is 0.833 bits per heavy atom. The SMILES string of the molecule is Cc1cccc(C)c1-n1c(-c2ccccc2)nc2ccc(O)cc21. The number of nitrogens with zero attached hydrogens (tertiary/aromatic N) is 2. The van der Waals surface area contributed by atoms with Crippen LogP contribution in [0, 0.1) is 13.8 Å². The van der Waals surface area contributed by atoms with Gasteiger partial charge in [0, 0.05) is 11.6 Å². The van der Waals surface area contributed by atoms with Crippen molar-refractivity contribution in [3.05, 3.63) is 77.9 Å². The molecule has 0 amide bonds. The fourth-order valence-electron chi connectivity index (χ4n) is 3.23. The smallest absolute Gasteiger partial charge is 0.145 e. The van der Waals surface area contributed by atoms with E-state index in [2.05, 4.69) is 48.7 Å². The van der Waals surface area contributed by atoms with Crippen molar-refractivity contribution in [1.82, 2.24) is 9.55 Å². The summed E-state index contributed by atoms with van der Waals surface area (Å²) >= 11 is 0. The molecule has 118 valence electrons. The summed E-state index contributed by atoms with van der Waals surface area (Å²) in [5, 5.41) is 9.98. The lowest BCUT2D eigenvalue weighted by Crippen LogP contribution is -2.02. The number of fused-ring (bicyclic) bond motifs is 1. The summed E-state index contributed by atoms with van der Waals surface area (Å²) in [6, 6.07) is 21.7. The molecule has 0 aliphatic heterocycles. The van der Waals surface area contributed by atoms with Crippen LogP contribution in [0.4, 0.5) is 0 Å². The Morgan fingerprint density at radius 2 is 1.54 bits per heavy atom. The summed E-state index contributed by atoms with van der Waals surface area (Å²) in [7, 11) is 0. The predicted molar refractivity (Wildman–Crippen MR) is 97.6 cm³/mol. The molecule has 24 heavy (non-hydrogen) atoms. The second-order valence-corrected chi connectivity index (χ2v) is 6.05. The van der Waals surface area contributed by atoms with Gasteiger partial charge in [-0.05, 0) is 37.1 Å². The molecule has 3 aromatic carbocycles. The zero-order valence-corrected chi connectivity index (χ0v) is 13.7. The van der Waals surface area contributed by atoms with Gasteiger partial charge in [-0.15, -0.1) is 0 Å². The molecule has 0 radical (unpaired) electrons. The average Bonchev–Trinajstić information content (AvgIpc) is 2.94. The molecular formula is C21H18N2O. The van der Waals surface area contributed by atoms with Crippen LogP contribution in [0.2, 0.25) is 0 Å². The molecule has 4 rings (SSSR count). The molecule has 0 fully saturated rings. The van der Waals surface area contributed by atoms with Gasteiger partial charge in [-0.2, -0.15) is 0 Å². The summed E-state index contributed by atoms with van der Waals surface area (Å²) in [6.45, 7) is 4.21. The summed E-state index contributed by atoms with van der Waals surface area (Å²) in [4.78, 5) is 4.83. The van der Waals surface area contributed by atoms with E-state index in [9.17, 15) is 5.11 Å². The van der Waals surface area contributed by atoms with E-state index >= 15 is 0 Å². The molecule has 0 aliphatic carbocycles. The number of phenolic OH excluding ortho intramolecular Hbond substituents is 1. The summed E-state index contributed by atoms with van der Waals surface area (Å²) < 4.78 is 2.15. The van der Waals surface area contributed by atoms with Crippen LogP contribution < -0.4 is 0 Å². The first kappa shape index (κ1) is 14.5. The van der Waals surface area contributed by atoms with Gasteiger partial charge in [-0.25, -0.2) is 4.98 Å². The van der Waals surface area contributed by atoms with Crippen LogP contribution in [0.15, 0.2) is 66.7 Å². The highest BCUT2D eigenvalue weighted by molar-refractivity contribution is 5.85. The Kier molecular flexibility index (Phi) is 3.35. The van der Waals surface area contributed by atoms with Crippen LogP contribution in [-0.4, -0.2) is 14.7 Å². The molecule has 4 aromatic rings. The third kappa shape index (κ3) is 2.26. The maximum absolute atomic E-state index is 9.98. The van der Waals surface area contributed by atoms with E-state index < -0.39 is 0 Å². The van der Waals surface area contributed by atoms with E-state index in [-0.39, 0.29) is 5.75 Å². The molecule has 0 aliphatic rings. The molecule has 0 saturated heterocycles. The molecule has 0 unspecified atom stereocenters. The lowest BCUT2D eigenvalue weighted by molar-refractivity contribution is 0.476. The first-order chi connectivity index (χ1) is 11.6.